The summed E-state index contributed by atoms with van der Waals surface area (Å²) in [7, 11) is 1.60. The van der Waals surface area contributed by atoms with E-state index in [9.17, 15) is 9.59 Å². The zero-order valence-electron chi connectivity index (χ0n) is 15.4. The maximum absolute atomic E-state index is 12.4. The van der Waals surface area contributed by atoms with E-state index in [4.69, 9.17) is 17.0 Å². The van der Waals surface area contributed by atoms with Gasteiger partial charge in [-0.1, -0.05) is 12.1 Å². The molecule has 0 spiro atoms. The number of methoxy groups -OCH3 is 1. The van der Waals surface area contributed by atoms with Crippen molar-refractivity contribution in [1.29, 1.82) is 0 Å². The van der Waals surface area contributed by atoms with Gasteiger partial charge in [-0.05, 0) is 45.1 Å². The molecule has 0 unspecified atom stereocenters. The van der Waals surface area contributed by atoms with Gasteiger partial charge in [0, 0.05) is 24.1 Å². The average Bonchev–Trinajstić information content (AvgIpc) is 2.57. The van der Waals surface area contributed by atoms with Gasteiger partial charge in [0.05, 0.1) is 17.9 Å². The number of carbonyl (C=O) groups excluding carboxylic acids is 2. The highest BCUT2D eigenvalue weighted by Crippen LogP contribution is 2.22. The predicted octanol–water partition coefficient (Wildman–Crippen LogP) is 1.45. The molecule has 9 heteroatoms. The summed E-state index contributed by atoms with van der Waals surface area (Å²) in [6.07, 6.45) is 0. The van der Waals surface area contributed by atoms with Crippen LogP contribution in [0, 0.1) is 0 Å². The first kappa shape index (κ1) is 22.2. The number of carbonyl (C=O) groups is 2. The Bertz CT molecular complexity index is 626. The summed E-state index contributed by atoms with van der Waals surface area (Å²) in [5.74, 6) is -0.165. The van der Waals surface area contributed by atoms with Gasteiger partial charge in [-0.2, -0.15) is 0 Å². The number of amides is 2. The third-order valence-electron chi connectivity index (χ3n) is 3.02. The summed E-state index contributed by atoms with van der Waals surface area (Å²) in [5.41, 5.74) is 5.69. The quantitative estimate of drug-likeness (QED) is 0.299. The van der Waals surface area contributed by atoms with Gasteiger partial charge >= 0.3 is 0 Å². The van der Waals surface area contributed by atoms with Crippen molar-refractivity contribution < 1.29 is 14.3 Å². The zero-order chi connectivity index (χ0) is 19.5. The molecular weight excluding hydrogens is 372 g/mol. The van der Waals surface area contributed by atoms with Crippen molar-refractivity contribution in [2.75, 3.05) is 19.5 Å². The van der Waals surface area contributed by atoms with Crippen LogP contribution in [0.5, 0.6) is 0 Å². The largest absolute Gasteiger partial charge is 0.383 e. The number of nitrogens with one attached hydrogen (secondary N) is 4. The van der Waals surface area contributed by atoms with Crippen molar-refractivity contribution in [3.05, 3.63) is 29.8 Å². The summed E-state index contributed by atoms with van der Waals surface area (Å²) in [6.45, 7) is 6.21. The van der Waals surface area contributed by atoms with E-state index in [1.807, 2.05) is 26.8 Å². The number of hydrogen-bond donors (Lipinski definition) is 4. The van der Waals surface area contributed by atoms with Crippen molar-refractivity contribution >= 4 is 40.9 Å². The second-order valence-electron chi connectivity index (χ2n) is 5.92. The minimum Gasteiger partial charge on any atom is -0.383 e. The van der Waals surface area contributed by atoms with E-state index < -0.39 is 0 Å². The lowest BCUT2D eigenvalue weighted by atomic mass is 10.2. The first-order valence-corrected chi connectivity index (χ1v) is 9.59. The predicted molar refractivity (Wildman–Crippen MR) is 108 cm³/mol. The summed E-state index contributed by atoms with van der Waals surface area (Å²) in [5, 5.41) is 6.10. The van der Waals surface area contributed by atoms with Crippen LogP contribution in [0.25, 0.3) is 0 Å². The Morgan fingerprint density at radius 1 is 1.15 bits per heavy atom. The minimum absolute atomic E-state index is 0.0132. The van der Waals surface area contributed by atoms with E-state index in [0.29, 0.717) is 17.3 Å². The van der Waals surface area contributed by atoms with E-state index in [-0.39, 0.29) is 29.7 Å². The van der Waals surface area contributed by atoms with Gasteiger partial charge in [-0.25, -0.2) is 0 Å². The number of thioether (sulfide) groups is 1. The molecule has 0 aliphatic carbocycles. The van der Waals surface area contributed by atoms with Gasteiger partial charge in [0.2, 0.25) is 5.91 Å². The second kappa shape index (κ2) is 11.7. The number of ether oxygens (including phenoxy) is 1. The van der Waals surface area contributed by atoms with E-state index in [2.05, 4.69) is 21.5 Å². The Balaban J connectivity index is 2.58. The smallest absolute Gasteiger partial charge is 0.270 e. The first-order valence-electron chi connectivity index (χ1n) is 8.20. The summed E-state index contributed by atoms with van der Waals surface area (Å²) in [6, 6.07) is 7.19. The van der Waals surface area contributed by atoms with Crippen molar-refractivity contribution in [3.63, 3.8) is 0 Å². The molecule has 0 saturated heterocycles. The Labute approximate surface area is 164 Å². The maximum Gasteiger partial charge on any atom is 0.270 e. The fraction of sp³-hybridized carbons (Fsp3) is 0.471. The fourth-order valence-electron chi connectivity index (χ4n) is 2.02. The highest BCUT2D eigenvalue weighted by molar-refractivity contribution is 8.00. The number of hydrogen-bond acceptors (Lipinski definition) is 5. The molecule has 144 valence electrons. The number of thiocarbonyl (C=S) groups is 1. The lowest BCUT2D eigenvalue weighted by Gasteiger charge is -2.17. The molecule has 0 aromatic heterocycles. The number of rotatable bonds is 8. The molecule has 0 heterocycles. The Kier molecular flexibility index (Phi) is 10.0. The van der Waals surface area contributed by atoms with Gasteiger partial charge in [0.25, 0.3) is 5.91 Å². The van der Waals surface area contributed by atoms with Crippen molar-refractivity contribution in [1.82, 2.24) is 21.5 Å². The molecule has 1 atom stereocenters. The summed E-state index contributed by atoms with van der Waals surface area (Å²) < 4.78 is 5.01. The summed E-state index contributed by atoms with van der Waals surface area (Å²) >= 11 is 6.43. The van der Waals surface area contributed by atoms with E-state index in [1.165, 1.54) is 11.8 Å². The molecule has 1 aromatic rings. The van der Waals surface area contributed by atoms with E-state index >= 15 is 0 Å². The monoisotopic (exact) mass is 398 g/mol. The second-order valence-corrected chi connectivity index (χ2v) is 7.34. The fourth-order valence-corrected chi connectivity index (χ4v) is 3.13. The summed E-state index contributed by atoms with van der Waals surface area (Å²) in [4.78, 5) is 24.9. The highest BCUT2D eigenvalue weighted by atomic mass is 32.2. The molecule has 4 N–H and O–H groups in total. The molecule has 1 aromatic carbocycles. The van der Waals surface area contributed by atoms with E-state index in [1.54, 1.807) is 25.3 Å². The van der Waals surface area contributed by atoms with Crippen molar-refractivity contribution in [3.8, 4) is 0 Å². The third kappa shape index (κ3) is 8.50. The molecule has 2 amide bonds. The topological polar surface area (TPSA) is 91.5 Å². The van der Waals surface area contributed by atoms with Gasteiger partial charge in [0.1, 0.15) is 0 Å². The SMILES string of the molecule is COC[C@H](C)NC(=S)NNC(=O)c1ccccc1SCC(=O)NC(C)C. The normalized spacial score (nSPS) is 11.6. The van der Waals surface area contributed by atoms with Crippen LogP contribution in [0.4, 0.5) is 0 Å². The zero-order valence-corrected chi connectivity index (χ0v) is 17.1. The van der Waals surface area contributed by atoms with Crippen molar-refractivity contribution in [2.45, 2.75) is 37.8 Å². The van der Waals surface area contributed by atoms with Crippen LogP contribution in [0.1, 0.15) is 31.1 Å². The van der Waals surface area contributed by atoms with E-state index in [0.717, 1.165) is 4.90 Å². The molecule has 0 aliphatic rings. The maximum atomic E-state index is 12.4. The molecule has 1 rings (SSSR count). The molecule has 7 nitrogen and oxygen atoms in total. The Morgan fingerprint density at radius 2 is 1.85 bits per heavy atom. The third-order valence-corrected chi connectivity index (χ3v) is 4.32. The molecule has 26 heavy (non-hydrogen) atoms. The van der Waals surface area contributed by atoms with Gasteiger partial charge < -0.3 is 15.4 Å². The van der Waals surface area contributed by atoms with Crippen molar-refractivity contribution in [2.24, 2.45) is 0 Å². The molecular formula is C17H26N4O3S2. The highest BCUT2D eigenvalue weighted by Gasteiger charge is 2.13. The Hall–Kier alpha value is -1.84. The molecule has 0 aliphatic heterocycles. The molecule has 0 radical (unpaired) electrons. The van der Waals surface area contributed by atoms with Crippen LogP contribution in [-0.2, 0) is 9.53 Å². The first-order chi connectivity index (χ1) is 12.3. The van der Waals surface area contributed by atoms with Crippen LogP contribution in [0.15, 0.2) is 29.2 Å². The Morgan fingerprint density at radius 3 is 2.50 bits per heavy atom. The molecule has 0 bridgehead atoms. The van der Waals surface area contributed by atoms with Gasteiger partial charge in [-0.3, -0.25) is 20.4 Å². The standard InChI is InChI=1S/C17H26N4O3S2/c1-11(2)18-15(22)10-26-14-8-6-5-7-13(14)16(23)20-21-17(25)19-12(3)9-24-4/h5-8,11-12H,9-10H2,1-4H3,(H,18,22)(H,20,23)(H2,19,21,25)/t12-/m0/s1. The average molecular weight is 399 g/mol. The minimum atomic E-state index is -0.332. The molecule has 0 fully saturated rings. The number of benzene rings is 1. The van der Waals surface area contributed by atoms with Crippen LogP contribution in [0.2, 0.25) is 0 Å². The van der Waals surface area contributed by atoms with Crippen LogP contribution in [-0.4, -0.2) is 48.5 Å². The van der Waals surface area contributed by atoms with Crippen LogP contribution in [0.3, 0.4) is 0 Å². The number of hydrazine groups is 1. The lowest BCUT2D eigenvalue weighted by Crippen LogP contribution is -2.50. The van der Waals surface area contributed by atoms with Gasteiger partial charge in [-0.15, -0.1) is 11.8 Å². The molecule has 0 saturated carbocycles. The van der Waals surface area contributed by atoms with Crippen LogP contribution >= 0.6 is 24.0 Å². The lowest BCUT2D eigenvalue weighted by molar-refractivity contribution is -0.119. The van der Waals surface area contributed by atoms with Gasteiger partial charge in [0.15, 0.2) is 5.11 Å². The van der Waals surface area contributed by atoms with Crippen LogP contribution < -0.4 is 21.5 Å².